The van der Waals surface area contributed by atoms with Crippen molar-refractivity contribution in [2.45, 2.75) is 12.3 Å². The van der Waals surface area contributed by atoms with Gasteiger partial charge in [-0.15, -0.1) is 11.6 Å². The fourth-order valence-electron chi connectivity index (χ4n) is 1.63. The number of hydrogen-bond donors (Lipinski definition) is 0. The molecule has 0 bridgehead atoms. The zero-order valence-corrected chi connectivity index (χ0v) is 11.9. The van der Waals surface area contributed by atoms with Crippen molar-refractivity contribution in [1.29, 1.82) is 0 Å². The second-order valence-electron chi connectivity index (χ2n) is 4.04. The van der Waals surface area contributed by atoms with E-state index in [1.54, 1.807) is 31.2 Å². The lowest BCUT2D eigenvalue weighted by Crippen LogP contribution is -1.96. The van der Waals surface area contributed by atoms with Crippen LogP contribution in [-0.4, -0.2) is 0 Å². The van der Waals surface area contributed by atoms with E-state index >= 15 is 0 Å². The summed E-state index contributed by atoms with van der Waals surface area (Å²) in [5.41, 5.74) is 1.94. The number of aryl methyl sites for hydroxylation is 1. The van der Waals surface area contributed by atoms with Crippen molar-refractivity contribution in [3.63, 3.8) is 0 Å². The van der Waals surface area contributed by atoms with Crippen molar-refractivity contribution in [3.05, 3.63) is 69.2 Å². The molecule has 0 spiro atoms. The Morgan fingerprint density at radius 1 is 1.00 bits per heavy atom. The maximum atomic E-state index is 13.5. The van der Waals surface area contributed by atoms with Crippen molar-refractivity contribution in [2.24, 2.45) is 0 Å². The van der Waals surface area contributed by atoms with Gasteiger partial charge in [0.15, 0.2) is 0 Å². The predicted molar refractivity (Wildman–Crippen MR) is 72.9 cm³/mol. The normalized spacial score (nSPS) is 12.5. The molecule has 1 unspecified atom stereocenters. The molecular formula is C14H10BrClF2. The van der Waals surface area contributed by atoms with Gasteiger partial charge in [0, 0.05) is 0 Å². The number of hydrogen-bond acceptors (Lipinski definition) is 0. The Kier molecular flexibility index (Phi) is 4.03. The van der Waals surface area contributed by atoms with Crippen LogP contribution in [0.1, 0.15) is 22.1 Å². The first-order valence-electron chi connectivity index (χ1n) is 5.34. The summed E-state index contributed by atoms with van der Waals surface area (Å²) in [6.45, 7) is 1.69. The molecule has 0 fully saturated rings. The van der Waals surface area contributed by atoms with Gasteiger partial charge in [0.2, 0.25) is 0 Å². The summed E-state index contributed by atoms with van der Waals surface area (Å²) in [4.78, 5) is 0. The van der Waals surface area contributed by atoms with E-state index in [1.165, 1.54) is 12.1 Å². The van der Waals surface area contributed by atoms with Gasteiger partial charge >= 0.3 is 0 Å². The zero-order chi connectivity index (χ0) is 13.3. The summed E-state index contributed by atoms with van der Waals surface area (Å²) in [6, 6.07) is 9.38. The summed E-state index contributed by atoms with van der Waals surface area (Å²) in [5, 5.41) is -0.503. The fraction of sp³-hybridized carbons (Fsp3) is 0.143. The third-order valence-corrected chi connectivity index (χ3v) is 3.84. The molecule has 1 atom stereocenters. The van der Waals surface area contributed by atoms with Gasteiger partial charge in [-0.25, -0.2) is 8.78 Å². The fourth-order valence-corrected chi connectivity index (χ4v) is 2.30. The first-order valence-corrected chi connectivity index (χ1v) is 6.57. The van der Waals surface area contributed by atoms with Crippen LogP contribution in [0.4, 0.5) is 8.78 Å². The monoisotopic (exact) mass is 330 g/mol. The molecule has 0 saturated heterocycles. The molecule has 2 aromatic carbocycles. The average molecular weight is 332 g/mol. The van der Waals surface area contributed by atoms with Gasteiger partial charge in [-0.3, -0.25) is 0 Å². The van der Waals surface area contributed by atoms with Crippen LogP contribution in [0.25, 0.3) is 0 Å². The second-order valence-corrected chi connectivity index (χ2v) is 5.34. The van der Waals surface area contributed by atoms with Crippen LogP contribution >= 0.6 is 27.5 Å². The number of rotatable bonds is 2. The zero-order valence-electron chi connectivity index (χ0n) is 9.55. The van der Waals surface area contributed by atoms with E-state index in [-0.39, 0.29) is 11.6 Å². The summed E-state index contributed by atoms with van der Waals surface area (Å²) >= 11 is 9.38. The summed E-state index contributed by atoms with van der Waals surface area (Å²) in [5.74, 6) is -0.642. The summed E-state index contributed by atoms with van der Waals surface area (Å²) in [7, 11) is 0. The van der Waals surface area contributed by atoms with Gasteiger partial charge in [0.05, 0.1) is 9.85 Å². The molecule has 4 heteroatoms. The van der Waals surface area contributed by atoms with Crippen LogP contribution in [0, 0.1) is 18.6 Å². The minimum atomic E-state index is -0.503. The molecule has 0 amide bonds. The van der Waals surface area contributed by atoms with Crippen LogP contribution in [0.15, 0.2) is 40.9 Å². The van der Waals surface area contributed by atoms with Gasteiger partial charge in [0.1, 0.15) is 11.6 Å². The van der Waals surface area contributed by atoms with E-state index in [0.717, 1.165) is 0 Å². The lowest BCUT2D eigenvalue weighted by atomic mass is 10.0. The molecule has 0 nitrogen and oxygen atoms in total. The molecule has 94 valence electrons. The van der Waals surface area contributed by atoms with Crippen LogP contribution < -0.4 is 0 Å². The molecule has 0 saturated carbocycles. The van der Waals surface area contributed by atoms with Gasteiger partial charge in [-0.05, 0) is 57.7 Å². The van der Waals surface area contributed by atoms with Gasteiger partial charge < -0.3 is 0 Å². The van der Waals surface area contributed by atoms with E-state index in [1.807, 2.05) is 0 Å². The Labute approximate surface area is 118 Å². The van der Waals surface area contributed by atoms with Crippen molar-refractivity contribution in [2.75, 3.05) is 0 Å². The highest BCUT2D eigenvalue weighted by molar-refractivity contribution is 9.10. The average Bonchev–Trinajstić information content (AvgIpc) is 2.35. The molecular weight excluding hydrogens is 322 g/mol. The lowest BCUT2D eigenvalue weighted by Gasteiger charge is -2.12. The van der Waals surface area contributed by atoms with Crippen LogP contribution in [0.3, 0.4) is 0 Å². The van der Waals surface area contributed by atoms with Crippen molar-refractivity contribution in [1.82, 2.24) is 0 Å². The third kappa shape index (κ3) is 2.73. The van der Waals surface area contributed by atoms with Gasteiger partial charge in [0.25, 0.3) is 0 Å². The van der Waals surface area contributed by atoms with E-state index < -0.39 is 5.38 Å². The number of benzene rings is 2. The SMILES string of the molecule is Cc1ccc(C(Cl)c2ccc(F)c(Br)c2)cc1F. The quantitative estimate of drug-likeness (QED) is 0.650. The Morgan fingerprint density at radius 3 is 2.22 bits per heavy atom. The minimum absolute atomic E-state index is 0.292. The smallest absolute Gasteiger partial charge is 0.137 e. The molecule has 0 heterocycles. The number of alkyl halides is 1. The van der Waals surface area contributed by atoms with E-state index in [0.29, 0.717) is 21.2 Å². The van der Waals surface area contributed by atoms with Crippen molar-refractivity contribution < 1.29 is 8.78 Å². The maximum absolute atomic E-state index is 13.5. The Bertz CT molecular complexity index is 533. The Balaban J connectivity index is 2.37. The van der Waals surface area contributed by atoms with Crippen LogP contribution in [0.5, 0.6) is 0 Å². The number of halogens is 4. The van der Waals surface area contributed by atoms with Crippen molar-refractivity contribution in [3.8, 4) is 0 Å². The largest absolute Gasteiger partial charge is 0.207 e. The van der Waals surface area contributed by atoms with E-state index in [9.17, 15) is 8.78 Å². The van der Waals surface area contributed by atoms with Crippen LogP contribution in [-0.2, 0) is 0 Å². The van der Waals surface area contributed by atoms with Gasteiger partial charge in [-0.1, -0.05) is 18.2 Å². The molecule has 0 aliphatic carbocycles. The highest BCUT2D eigenvalue weighted by atomic mass is 79.9. The first kappa shape index (κ1) is 13.5. The standard InChI is InChI=1S/C14H10BrClF2/c1-8-2-3-10(7-13(8)18)14(16)9-4-5-12(17)11(15)6-9/h2-7,14H,1H3. The molecule has 0 N–H and O–H groups in total. The molecule has 2 aromatic rings. The van der Waals surface area contributed by atoms with Crippen LogP contribution in [0.2, 0.25) is 0 Å². The third-order valence-electron chi connectivity index (χ3n) is 2.72. The molecule has 0 aromatic heterocycles. The molecule has 0 radical (unpaired) electrons. The first-order chi connectivity index (χ1) is 8.49. The molecule has 0 aliphatic heterocycles. The summed E-state index contributed by atoms with van der Waals surface area (Å²) < 4.78 is 26.9. The van der Waals surface area contributed by atoms with Crippen molar-refractivity contribution >= 4 is 27.5 Å². The topological polar surface area (TPSA) is 0 Å². The van der Waals surface area contributed by atoms with Gasteiger partial charge in [-0.2, -0.15) is 0 Å². The predicted octanol–water partition coefficient (Wildman–Crippen LogP) is 5.36. The molecule has 0 aliphatic rings. The van der Waals surface area contributed by atoms with E-state index in [4.69, 9.17) is 11.6 Å². The highest BCUT2D eigenvalue weighted by Gasteiger charge is 2.13. The Morgan fingerprint density at radius 2 is 1.61 bits per heavy atom. The summed E-state index contributed by atoms with van der Waals surface area (Å²) in [6.07, 6.45) is 0. The second kappa shape index (κ2) is 5.37. The Hall–Kier alpha value is -0.930. The molecule has 2 rings (SSSR count). The lowest BCUT2D eigenvalue weighted by molar-refractivity contribution is 0.615. The highest BCUT2D eigenvalue weighted by Crippen LogP contribution is 2.31. The minimum Gasteiger partial charge on any atom is -0.207 e. The van der Waals surface area contributed by atoms with E-state index in [2.05, 4.69) is 15.9 Å². The molecule has 18 heavy (non-hydrogen) atoms. The maximum Gasteiger partial charge on any atom is 0.137 e.